The molecule has 0 aromatic rings. The van der Waals surface area contributed by atoms with Gasteiger partial charge in [0.25, 0.3) is 0 Å². The highest BCUT2D eigenvalue weighted by atomic mass is 13.8. The average Bonchev–Trinajstić information content (AvgIpc) is 2.18. The molecule has 0 unspecified atom stereocenters. The standard InChI is InChI=1S/C11H16.C3H6/c1-4-7-8-10-11(6-3)9-5-2;1-3-2/h5-10H,3-4H2,1-2H3;3H,1H2,2H3/b8-7+,9-5+,11-10+;. The van der Waals surface area contributed by atoms with E-state index in [4.69, 9.17) is 0 Å². The lowest BCUT2D eigenvalue weighted by Gasteiger charge is -1.87. The summed E-state index contributed by atoms with van der Waals surface area (Å²) in [6.07, 6.45) is 14.9. The summed E-state index contributed by atoms with van der Waals surface area (Å²) in [4.78, 5) is 0. The van der Waals surface area contributed by atoms with Crippen molar-refractivity contribution in [3.63, 3.8) is 0 Å². The van der Waals surface area contributed by atoms with Crippen molar-refractivity contribution in [2.75, 3.05) is 0 Å². The molecule has 0 heteroatoms. The average molecular weight is 190 g/mol. The van der Waals surface area contributed by atoms with Crippen LogP contribution in [0.2, 0.25) is 0 Å². The minimum absolute atomic E-state index is 1.08. The minimum Gasteiger partial charge on any atom is -0.103 e. The maximum absolute atomic E-state index is 3.70. The highest BCUT2D eigenvalue weighted by Crippen LogP contribution is 1.98. The Hall–Kier alpha value is -1.30. The molecule has 0 radical (unpaired) electrons. The monoisotopic (exact) mass is 190 g/mol. The molecule has 0 N–H and O–H groups in total. The molecule has 0 fully saturated rings. The zero-order valence-electron chi connectivity index (χ0n) is 9.66. The third-order valence-corrected chi connectivity index (χ3v) is 1.26. The Balaban J connectivity index is 0. The molecule has 0 aromatic heterocycles. The summed E-state index contributed by atoms with van der Waals surface area (Å²) < 4.78 is 0. The van der Waals surface area contributed by atoms with Gasteiger partial charge in [-0.15, -0.1) is 6.58 Å². The summed E-state index contributed by atoms with van der Waals surface area (Å²) in [5, 5.41) is 0. The summed E-state index contributed by atoms with van der Waals surface area (Å²) in [5.74, 6) is 0. The fraction of sp³-hybridized carbons (Fsp3) is 0.286. The van der Waals surface area contributed by atoms with Gasteiger partial charge in [0.05, 0.1) is 0 Å². The fourth-order valence-electron chi connectivity index (χ4n) is 0.699. The molecule has 0 amide bonds. The third kappa shape index (κ3) is 13.3. The zero-order chi connectivity index (χ0) is 11.2. The normalized spacial score (nSPS) is 11.2. The van der Waals surface area contributed by atoms with Gasteiger partial charge in [-0.05, 0) is 25.8 Å². The summed E-state index contributed by atoms with van der Waals surface area (Å²) in [6, 6.07) is 0. The molecular formula is C14H22. The van der Waals surface area contributed by atoms with E-state index in [1.54, 1.807) is 6.08 Å². The van der Waals surface area contributed by atoms with E-state index in [0.717, 1.165) is 12.0 Å². The van der Waals surface area contributed by atoms with E-state index in [-0.39, 0.29) is 0 Å². The Morgan fingerprint density at radius 3 is 2.14 bits per heavy atom. The summed E-state index contributed by atoms with van der Waals surface area (Å²) in [5.41, 5.74) is 1.15. The molecule has 0 aliphatic heterocycles. The van der Waals surface area contributed by atoms with Gasteiger partial charge in [-0.2, -0.15) is 0 Å². The second-order valence-corrected chi connectivity index (χ2v) is 2.62. The number of hydrogen-bond acceptors (Lipinski definition) is 0. The lowest BCUT2D eigenvalue weighted by molar-refractivity contribution is 1.22. The Morgan fingerprint density at radius 1 is 1.21 bits per heavy atom. The summed E-state index contributed by atoms with van der Waals surface area (Å²) >= 11 is 0. The van der Waals surface area contributed by atoms with Crippen molar-refractivity contribution in [3.05, 3.63) is 61.3 Å². The first kappa shape index (κ1) is 15.2. The Kier molecular flexibility index (Phi) is 15.4. The van der Waals surface area contributed by atoms with Crippen molar-refractivity contribution < 1.29 is 0 Å². The van der Waals surface area contributed by atoms with E-state index in [0.29, 0.717) is 0 Å². The second-order valence-electron chi connectivity index (χ2n) is 2.62. The maximum Gasteiger partial charge on any atom is -0.0266 e. The highest BCUT2D eigenvalue weighted by Gasteiger charge is 1.77. The molecule has 0 atom stereocenters. The largest absolute Gasteiger partial charge is 0.103 e. The van der Waals surface area contributed by atoms with Crippen molar-refractivity contribution in [3.8, 4) is 0 Å². The van der Waals surface area contributed by atoms with E-state index in [1.165, 1.54) is 0 Å². The summed E-state index contributed by atoms with van der Waals surface area (Å²) in [7, 11) is 0. The third-order valence-electron chi connectivity index (χ3n) is 1.26. The van der Waals surface area contributed by atoms with Gasteiger partial charge in [0.2, 0.25) is 0 Å². The quantitative estimate of drug-likeness (QED) is 0.440. The molecule has 0 saturated carbocycles. The van der Waals surface area contributed by atoms with E-state index in [9.17, 15) is 0 Å². The predicted molar refractivity (Wildman–Crippen MR) is 68.4 cm³/mol. The molecule has 0 aliphatic rings. The second kappa shape index (κ2) is 14.2. The van der Waals surface area contributed by atoms with Gasteiger partial charge in [0.1, 0.15) is 0 Å². The molecule has 14 heavy (non-hydrogen) atoms. The maximum atomic E-state index is 3.70. The SMILES string of the molecule is C=CC.C=CC(/C=C/C)=C\C=C\CC. The molecule has 78 valence electrons. The fourth-order valence-corrected chi connectivity index (χ4v) is 0.699. The van der Waals surface area contributed by atoms with Crippen molar-refractivity contribution in [2.45, 2.75) is 27.2 Å². The molecule has 0 nitrogen and oxygen atoms in total. The van der Waals surface area contributed by atoms with Gasteiger partial charge >= 0.3 is 0 Å². The van der Waals surface area contributed by atoms with Gasteiger partial charge in [-0.25, -0.2) is 0 Å². The Bertz CT molecular complexity index is 214. The molecule has 0 bridgehead atoms. The van der Waals surface area contributed by atoms with Gasteiger partial charge in [0, 0.05) is 0 Å². The lowest BCUT2D eigenvalue weighted by atomic mass is 10.2. The van der Waals surface area contributed by atoms with Crippen LogP contribution in [-0.2, 0) is 0 Å². The highest BCUT2D eigenvalue weighted by molar-refractivity contribution is 5.32. The van der Waals surface area contributed by atoms with E-state index >= 15 is 0 Å². The molecule has 0 rings (SSSR count). The Labute approximate surface area is 89.0 Å². The molecule has 0 aliphatic carbocycles. The van der Waals surface area contributed by atoms with Crippen LogP contribution in [0.4, 0.5) is 0 Å². The van der Waals surface area contributed by atoms with Gasteiger partial charge < -0.3 is 0 Å². The number of allylic oxidation sites excluding steroid dienone is 8. The van der Waals surface area contributed by atoms with Crippen LogP contribution in [0.1, 0.15) is 27.2 Å². The van der Waals surface area contributed by atoms with Gasteiger partial charge in [-0.3, -0.25) is 0 Å². The van der Waals surface area contributed by atoms with E-state index < -0.39 is 0 Å². The van der Waals surface area contributed by atoms with Crippen molar-refractivity contribution in [1.29, 1.82) is 0 Å². The Morgan fingerprint density at radius 2 is 1.79 bits per heavy atom. The van der Waals surface area contributed by atoms with Gasteiger partial charge in [0.15, 0.2) is 0 Å². The van der Waals surface area contributed by atoms with Crippen LogP contribution in [0.3, 0.4) is 0 Å². The van der Waals surface area contributed by atoms with E-state index in [2.05, 4.69) is 38.3 Å². The van der Waals surface area contributed by atoms with Crippen LogP contribution in [0.25, 0.3) is 0 Å². The minimum atomic E-state index is 1.08. The lowest BCUT2D eigenvalue weighted by Crippen LogP contribution is -1.66. The van der Waals surface area contributed by atoms with Gasteiger partial charge in [-0.1, -0.05) is 56.0 Å². The first-order chi connectivity index (χ1) is 6.76. The van der Waals surface area contributed by atoms with Crippen LogP contribution in [0, 0.1) is 0 Å². The van der Waals surface area contributed by atoms with Crippen LogP contribution in [0.15, 0.2) is 61.3 Å². The first-order valence-electron chi connectivity index (χ1n) is 4.95. The molecular weight excluding hydrogens is 168 g/mol. The van der Waals surface area contributed by atoms with Crippen LogP contribution < -0.4 is 0 Å². The number of rotatable bonds is 4. The topological polar surface area (TPSA) is 0 Å². The van der Waals surface area contributed by atoms with Crippen LogP contribution >= 0.6 is 0 Å². The van der Waals surface area contributed by atoms with Crippen LogP contribution in [-0.4, -0.2) is 0 Å². The molecule has 0 aromatic carbocycles. The summed E-state index contributed by atoms with van der Waals surface area (Å²) in [6.45, 7) is 13.1. The zero-order valence-corrected chi connectivity index (χ0v) is 9.66. The van der Waals surface area contributed by atoms with E-state index in [1.807, 2.05) is 32.1 Å². The van der Waals surface area contributed by atoms with Crippen molar-refractivity contribution in [2.24, 2.45) is 0 Å². The predicted octanol–water partition coefficient (Wildman–Crippen LogP) is 4.83. The van der Waals surface area contributed by atoms with Crippen molar-refractivity contribution in [1.82, 2.24) is 0 Å². The first-order valence-corrected chi connectivity index (χ1v) is 4.95. The number of hydrogen-bond donors (Lipinski definition) is 0. The molecule has 0 heterocycles. The molecule has 0 spiro atoms. The van der Waals surface area contributed by atoms with Crippen LogP contribution in [0.5, 0.6) is 0 Å². The smallest absolute Gasteiger partial charge is 0.0266 e. The molecule has 0 saturated heterocycles. The van der Waals surface area contributed by atoms with Crippen molar-refractivity contribution >= 4 is 0 Å².